The van der Waals surface area contributed by atoms with E-state index in [-0.39, 0.29) is 5.79 Å². The lowest BCUT2D eigenvalue weighted by atomic mass is 9.97. The number of likely N-dealkylation sites (tertiary alicyclic amines) is 1. The van der Waals surface area contributed by atoms with Crippen LogP contribution in [0.4, 0.5) is 0 Å². The second kappa shape index (κ2) is 5.10. The summed E-state index contributed by atoms with van der Waals surface area (Å²) in [5.74, 6) is -0.310. The number of rotatable bonds is 4. The van der Waals surface area contributed by atoms with E-state index in [1.165, 1.54) is 0 Å². The van der Waals surface area contributed by atoms with Gasteiger partial charge in [0.2, 0.25) is 0 Å². The molecule has 0 N–H and O–H groups in total. The summed E-state index contributed by atoms with van der Waals surface area (Å²) < 4.78 is 11.6. The van der Waals surface area contributed by atoms with Crippen molar-refractivity contribution in [3.8, 4) is 0 Å². The molecule has 0 saturated carbocycles. The van der Waals surface area contributed by atoms with Gasteiger partial charge in [-0.25, -0.2) is 0 Å². The van der Waals surface area contributed by atoms with Crippen molar-refractivity contribution in [2.24, 2.45) is 0 Å². The summed E-state index contributed by atoms with van der Waals surface area (Å²) in [4.78, 5) is 2.36. The molecule has 0 aromatic heterocycles. The molecule has 0 aromatic rings. The van der Waals surface area contributed by atoms with Gasteiger partial charge in [0.15, 0.2) is 5.79 Å². The predicted molar refractivity (Wildman–Crippen MR) is 57.3 cm³/mol. The molecule has 1 unspecified atom stereocenters. The van der Waals surface area contributed by atoms with E-state index in [1.54, 1.807) is 0 Å². The van der Waals surface area contributed by atoms with Gasteiger partial charge in [-0.05, 0) is 27.8 Å². The van der Waals surface area contributed by atoms with Crippen LogP contribution in [0, 0.1) is 0 Å². The fraction of sp³-hybridized carbons (Fsp3) is 1.00. The fourth-order valence-electron chi connectivity index (χ4n) is 2.11. The monoisotopic (exact) mass is 201 g/mol. The molecule has 0 spiro atoms. The smallest absolute Gasteiger partial charge is 0.170 e. The third-order valence-corrected chi connectivity index (χ3v) is 3.02. The molecule has 14 heavy (non-hydrogen) atoms. The van der Waals surface area contributed by atoms with Gasteiger partial charge < -0.3 is 14.4 Å². The first-order valence-electron chi connectivity index (χ1n) is 5.61. The van der Waals surface area contributed by atoms with E-state index >= 15 is 0 Å². The van der Waals surface area contributed by atoms with Crippen LogP contribution in [-0.2, 0) is 9.47 Å². The zero-order chi connectivity index (χ0) is 10.6. The van der Waals surface area contributed by atoms with E-state index in [4.69, 9.17) is 9.47 Å². The van der Waals surface area contributed by atoms with E-state index < -0.39 is 0 Å². The average molecular weight is 201 g/mol. The third kappa shape index (κ3) is 2.69. The van der Waals surface area contributed by atoms with Crippen molar-refractivity contribution in [2.75, 3.05) is 26.8 Å². The maximum atomic E-state index is 5.78. The topological polar surface area (TPSA) is 21.7 Å². The summed E-state index contributed by atoms with van der Waals surface area (Å²) in [5.41, 5.74) is 0. The summed E-state index contributed by atoms with van der Waals surface area (Å²) in [5, 5.41) is 0. The molecule has 0 aliphatic carbocycles. The van der Waals surface area contributed by atoms with Crippen molar-refractivity contribution in [1.82, 2.24) is 4.90 Å². The van der Waals surface area contributed by atoms with E-state index in [0.717, 1.165) is 32.6 Å². The standard InChI is InChI=1S/C11H23NO2/c1-5-13-11(14-6-2)7-8-12(4)10(3)9-11/h10H,5-9H2,1-4H3. The van der Waals surface area contributed by atoms with Crippen LogP contribution in [-0.4, -0.2) is 43.5 Å². The number of hydrogen-bond acceptors (Lipinski definition) is 3. The largest absolute Gasteiger partial charge is 0.350 e. The lowest BCUT2D eigenvalue weighted by Gasteiger charge is -2.43. The molecule has 3 nitrogen and oxygen atoms in total. The average Bonchev–Trinajstić information content (AvgIpc) is 2.13. The molecule has 1 aliphatic heterocycles. The second-order valence-corrected chi connectivity index (χ2v) is 4.06. The third-order valence-electron chi connectivity index (χ3n) is 3.02. The summed E-state index contributed by atoms with van der Waals surface area (Å²) in [6.45, 7) is 8.81. The molecule has 3 heteroatoms. The number of nitrogens with zero attached hydrogens (tertiary/aromatic N) is 1. The Morgan fingerprint density at radius 3 is 2.29 bits per heavy atom. The van der Waals surface area contributed by atoms with Gasteiger partial charge in [0.25, 0.3) is 0 Å². The van der Waals surface area contributed by atoms with Crippen LogP contribution in [0.15, 0.2) is 0 Å². The van der Waals surface area contributed by atoms with Crippen LogP contribution in [0.5, 0.6) is 0 Å². The summed E-state index contributed by atoms with van der Waals surface area (Å²) in [6, 6.07) is 0.543. The SMILES string of the molecule is CCOC1(OCC)CCN(C)C(C)C1. The molecule has 0 bridgehead atoms. The minimum absolute atomic E-state index is 0.310. The molecule has 1 atom stereocenters. The van der Waals surface area contributed by atoms with Crippen LogP contribution in [0.1, 0.15) is 33.6 Å². The second-order valence-electron chi connectivity index (χ2n) is 4.06. The molecule has 1 aliphatic rings. The highest BCUT2D eigenvalue weighted by Crippen LogP contribution is 2.30. The Balaban J connectivity index is 2.59. The first-order valence-corrected chi connectivity index (χ1v) is 5.61. The Labute approximate surface area is 87.4 Å². The van der Waals surface area contributed by atoms with Crippen molar-refractivity contribution in [3.05, 3.63) is 0 Å². The van der Waals surface area contributed by atoms with Crippen LogP contribution < -0.4 is 0 Å². The highest BCUT2D eigenvalue weighted by Gasteiger charge is 2.38. The summed E-state index contributed by atoms with van der Waals surface area (Å²) in [6.07, 6.45) is 1.96. The van der Waals surface area contributed by atoms with Gasteiger partial charge in [-0.3, -0.25) is 0 Å². The molecular formula is C11H23NO2. The molecular weight excluding hydrogens is 178 g/mol. The van der Waals surface area contributed by atoms with E-state index in [2.05, 4.69) is 18.9 Å². The van der Waals surface area contributed by atoms with Gasteiger partial charge in [0, 0.05) is 38.6 Å². The van der Waals surface area contributed by atoms with Crippen LogP contribution in [0.2, 0.25) is 0 Å². The number of piperidine rings is 1. The maximum absolute atomic E-state index is 5.78. The molecule has 1 heterocycles. The van der Waals surface area contributed by atoms with Crippen molar-refractivity contribution < 1.29 is 9.47 Å². The van der Waals surface area contributed by atoms with Gasteiger partial charge in [-0.15, -0.1) is 0 Å². The van der Waals surface area contributed by atoms with E-state index in [9.17, 15) is 0 Å². The van der Waals surface area contributed by atoms with Crippen LogP contribution in [0.3, 0.4) is 0 Å². The zero-order valence-electron chi connectivity index (χ0n) is 9.88. The van der Waals surface area contributed by atoms with Crippen molar-refractivity contribution >= 4 is 0 Å². The molecule has 0 radical (unpaired) electrons. The predicted octanol–water partition coefficient (Wildman–Crippen LogP) is 1.87. The minimum atomic E-state index is -0.310. The van der Waals surface area contributed by atoms with Gasteiger partial charge in [-0.1, -0.05) is 0 Å². The van der Waals surface area contributed by atoms with Gasteiger partial charge in [0.05, 0.1) is 0 Å². The summed E-state index contributed by atoms with van der Waals surface area (Å²) in [7, 11) is 2.16. The van der Waals surface area contributed by atoms with Gasteiger partial charge in [0.1, 0.15) is 0 Å². The Kier molecular flexibility index (Phi) is 4.35. The first kappa shape index (κ1) is 12.0. The Bertz CT molecular complexity index is 167. The maximum Gasteiger partial charge on any atom is 0.170 e. The number of hydrogen-bond donors (Lipinski definition) is 0. The zero-order valence-corrected chi connectivity index (χ0v) is 9.88. The van der Waals surface area contributed by atoms with Crippen LogP contribution in [0.25, 0.3) is 0 Å². The normalized spacial score (nSPS) is 27.9. The molecule has 0 aromatic carbocycles. The lowest BCUT2D eigenvalue weighted by molar-refractivity contribution is -0.258. The number of ether oxygens (including phenoxy) is 2. The quantitative estimate of drug-likeness (QED) is 0.648. The summed E-state index contributed by atoms with van der Waals surface area (Å²) >= 11 is 0. The molecule has 1 rings (SSSR count). The lowest BCUT2D eigenvalue weighted by Crippen LogP contribution is -2.50. The van der Waals surface area contributed by atoms with Gasteiger partial charge in [-0.2, -0.15) is 0 Å². The van der Waals surface area contributed by atoms with Crippen LogP contribution >= 0.6 is 0 Å². The van der Waals surface area contributed by atoms with E-state index in [0.29, 0.717) is 6.04 Å². The molecule has 0 amide bonds. The highest BCUT2D eigenvalue weighted by molar-refractivity contribution is 4.84. The Hall–Kier alpha value is -0.120. The van der Waals surface area contributed by atoms with Crippen molar-refractivity contribution in [1.29, 1.82) is 0 Å². The van der Waals surface area contributed by atoms with Crippen molar-refractivity contribution in [2.45, 2.75) is 45.4 Å². The fourth-order valence-corrected chi connectivity index (χ4v) is 2.11. The molecule has 1 saturated heterocycles. The Morgan fingerprint density at radius 1 is 1.29 bits per heavy atom. The minimum Gasteiger partial charge on any atom is -0.350 e. The first-order chi connectivity index (χ1) is 6.63. The molecule has 84 valence electrons. The van der Waals surface area contributed by atoms with Crippen molar-refractivity contribution in [3.63, 3.8) is 0 Å². The highest BCUT2D eigenvalue weighted by atomic mass is 16.7. The molecule has 1 fully saturated rings. The van der Waals surface area contributed by atoms with E-state index in [1.807, 2.05) is 13.8 Å². The Morgan fingerprint density at radius 2 is 1.86 bits per heavy atom. The van der Waals surface area contributed by atoms with Gasteiger partial charge >= 0.3 is 0 Å².